The second-order valence-electron chi connectivity index (χ2n) is 5.45. The van der Waals surface area contributed by atoms with Gasteiger partial charge in [-0.25, -0.2) is 9.97 Å². The average Bonchev–Trinajstić information content (AvgIpc) is 3.30. The molecule has 0 aliphatic carbocycles. The van der Waals surface area contributed by atoms with Crippen LogP contribution in [-0.2, 0) is 6.54 Å². The summed E-state index contributed by atoms with van der Waals surface area (Å²) < 4.78 is 0. The molecule has 0 fully saturated rings. The highest BCUT2D eigenvalue weighted by Crippen LogP contribution is 2.19. The number of fused-ring (bicyclic) bond motifs is 1. The average molecular weight is 369 g/mol. The van der Waals surface area contributed by atoms with E-state index in [-0.39, 0.29) is 29.0 Å². The molecular weight excluding hydrogens is 356 g/mol. The third-order valence-electron chi connectivity index (χ3n) is 3.71. The molecule has 0 radical (unpaired) electrons. The summed E-state index contributed by atoms with van der Waals surface area (Å²) in [5, 5.41) is 11.6. The number of hydrogen-bond donors (Lipinski definition) is 3. The van der Waals surface area contributed by atoms with Gasteiger partial charge in [0.1, 0.15) is 0 Å². The maximum Gasteiger partial charge on any atom is 0.274 e. The monoisotopic (exact) mass is 368 g/mol. The fraction of sp³-hybridized carbons (Fsp3) is 0.0625. The molecule has 4 N–H and O–H groups in total. The van der Waals surface area contributed by atoms with Crippen LogP contribution in [0.2, 0.25) is 5.15 Å². The molecule has 3 aromatic heterocycles. The first-order chi connectivity index (χ1) is 12.6. The summed E-state index contributed by atoms with van der Waals surface area (Å²) in [5.74, 6) is -0.382. The molecule has 26 heavy (non-hydrogen) atoms. The smallest absolute Gasteiger partial charge is 0.274 e. The van der Waals surface area contributed by atoms with Gasteiger partial charge in [-0.15, -0.1) is 4.80 Å². The van der Waals surface area contributed by atoms with E-state index in [4.69, 9.17) is 17.3 Å². The van der Waals surface area contributed by atoms with Gasteiger partial charge in [-0.3, -0.25) is 4.79 Å². The third kappa shape index (κ3) is 2.95. The number of carbonyl (C=O) groups excluding carboxylic acids is 1. The third-order valence-corrected chi connectivity index (χ3v) is 3.97. The largest absolute Gasteiger partial charge is 0.382 e. The van der Waals surface area contributed by atoms with Gasteiger partial charge in [-0.1, -0.05) is 29.8 Å². The molecule has 1 aromatic carbocycles. The number of aromatic amines is 1. The van der Waals surface area contributed by atoms with Crippen LogP contribution in [0.3, 0.4) is 0 Å². The molecule has 0 aliphatic heterocycles. The predicted molar refractivity (Wildman–Crippen MR) is 95.8 cm³/mol. The number of amides is 1. The van der Waals surface area contributed by atoms with E-state index in [0.29, 0.717) is 0 Å². The molecule has 0 saturated heterocycles. The van der Waals surface area contributed by atoms with Crippen LogP contribution in [0.25, 0.3) is 16.7 Å². The van der Waals surface area contributed by atoms with Crippen LogP contribution in [0, 0.1) is 0 Å². The van der Waals surface area contributed by atoms with Gasteiger partial charge in [0.25, 0.3) is 5.91 Å². The number of rotatable bonds is 4. The molecular formula is C16H13ClN8O. The number of nitrogens with two attached hydrogens (primary N) is 1. The lowest BCUT2D eigenvalue weighted by atomic mass is 10.2. The fourth-order valence-corrected chi connectivity index (χ4v) is 2.73. The fourth-order valence-electron chi connectivity index (χ4n) is 2.53. The van der Waals surface area contributed by atoms with Gasteiger partial charge in [0.2, 0.25) is 5.82 Å². The zero-order chi connectivity index (χ0) is 18.1. The number of hydrogen-bond acceptors (Lipinski definition) is 6. The van der Waals surface area contributed by atoms with Crippen LogP contribution in [-0.4, -0.2) is 35.9 Å². The molecule has 0 aliphatic rings. The quantitative estimate of drug-likeness (QED) is 0.503. The minimum Gasteiger partial charge on any atom is -0.382 e. The first kappa shape index (κ1) is 16.0. The Labute approximate surface area is 152 Å². The molecule has 3 heterocycles. The number of benzene rings is 1. The topological polar surface area (TPSA) is 127 Å². The lowest BCUT2D eigenvalue weighted by molar-refractivity contribution is 0.0946. The summed E-state index contributed by atoms with van der Waals surface area (Å²) >= 11 is 6.09. The molecule has 4 aromatic rings. The molecule has 0 bridgehead atoms. The van der Waals surface area contributed by atoms with Gasteiger partial charge in [-0.2, -0.15) is 10.2 Å². The second-order valence-corrected chi connectivity index (χ2v) is 5.81. The van der Waals surface area contributed by atoms with Gasteiger partial charge in [0.15, 0.2) is 16.7 Å². The van der Waals surface area contributed by atoms with Gasteiger partial charge in [0, 0.05) is 11.2 Å². The number of H-pyrrole nitrogens is 1. The molecule has 4 rings (SSSR count). The van der Waals surface area contributed by atoms with Crippen molar-refractivity contribution in [3.63, 3.8) is 0 Å². The van der Waals surface area contributed by atoms with E-state index in [1.54, 1.807) is 0 Å². The van der Waals surface area contributed by atoms with E-state index in [9.17, 15) is 4.79 Å². The number of aromatic nitrogens is 6. The highest BCUT2D eigenvalue weighted by Gasteiger charge is 2.18. The Morgan fingerprint density at radius 1 is 1.23 bits per heavy atom. The first-order valence-electron chi connectivity index (χ1n) is 7.66. The van der Waals surface area contributed by atoms with Crippen molar-refractivity contribution in [2.24, 2.45) is 0 Å². The van der Waals surface area contributed by atoms with E-state index in [2.05, 4.69) is 30.5 Å². The molecule has 10 heteroatoms. The van der Waals surface area contributed by atoms with E-state index < -0.39 is 5.91 Å². The van der Waals surface area contributed by atoms with E-state index >= 15 is 0 Å². The number of nitrogens with zero attached hydrogens (tertiary/aromatic N) is 5. The minimum absolute atomic E-state index is 0.0221. The summed E-state index contributed by atoms with van der Waals surface area (Å²) in [6.45, 7) is 0.286. The number of nitrogen functional groups attached to an aromatic ring is 1. The molecule has 0 saturated carbocycles. The minimum atomic E-state index is -0.476. The van der Waals surface area contributed by atoms with Crippen molar-refractivity contribution in [1.82, 2.24) is 35.3 Å². The summed E-state index contributed by atoms with van der Waals surface area (Å²) in [5.41, 5.74) is 7.66. The number of halogens is 1. The van der Waals surface area contributed by atoms with Crippen LogP contribution in [0.15, 0.2) is 42.7 Å². The van der Waals surface area contributed by atoms with E-state index in [0.717, 1.165) is 16.6 Å². The normalized spacial score (nSPS) is 11.0. The lowest BCUT2D eigenvalue weighted by Crippen LogP contribution is -2.26. The molecule has 0 atom stereocenters. The van der Waals surface area contributed by atoms with Crippen LogP contribution in [0.4, 0.5) is 5.82 Å². The van der Waals surface area contributed by atoms with Crippen molar-refractivity contribution in [2.45, 2.75) is 6.54 Å². The SMILES string of the molecule is Nc1nc(-n2nccn2)c(Cl)nc1C(=O)NCc1cc2ccccc2[nH]1. The first-order valence-corrected chi connectivity index (χ1v) is 8.04. The second kappa shape index (κ2) is 6.45. The standard InChI is InChI=1S/C16H13ClN8O/c17-13-15(25-20-5-6-21-25)24-14(18)12(23-13)16(26)19-8-10-7-9-3-1-2-4-11(9)22-10/h1-7,22H,8H2,(H2,18,24)(H,19,26). The van der Waals surface area contributed by atoms with Crippen molar-refractivity contribution in [3.05, 3.63) is 59.3 Å². The Hall–Kier alpha value is -3.46. The highest BCUT2D eigenvalue weighted by atomic mass is 35.5. The number of anilines is 1. The van der Waals surface area contributed by atoms with Crippen molar-refractivity contribution >= 4 is 34.2 Å². The molecule has 0 spiro atoms. The van der Waals surface area contributed by atoms with Crippen molar-refractivity contribution in [2.75, 3.05) is 5.73 Å². The van der Waals surface area contributed by atoms with Crippen LogP contribution in [0.5, 0.6) is 0 Å². The maximum absolute atomic E-state index is 12.4. The van der Waals surface area contributed by atoms with Gasteiger partial charge < -0.3 is 16.0 Å². The molecule has 130 valence electrons. The molecule has 9 nitrogen and oxygen atoms in total. The van der Waals surface area contributed by atoms with Gasteiger partial charge >= 0.3 is 0 Å². The van der Waals surface area contributed by atoms with E-state index in [1.807, 2.05) is 30.3 Å². The van der Waals surface area contributed by atoms with Crippen LogP contribution >= 0.6 is 11.6 Å². The zero-order valence-corrected chi connectivity index (χ0v) is 14.1. The lowest BCUT2D eigenvalue weighted by Gasteiger charge is -2.08. The van der Waals surface area contributed by atoms with Crippen LogP contribution in [0.1, 0.15) is 16.2 Å². The molecule has 1 amide bonds. The zero-order valence-electron chi connectivity index (χ0n) is 13.3. The summed E-state index contributed by atoms with van der Waals surface area (Å²) in [4.78, 5) is 24.9. The number of nitrogens with one attached hydrogen (secondary N) is 2. The van der Waals surface area contributed by atoms with Gasteiger partial charge in [0.05, 0.1) is 18.9 Å². The van der Waals surface area contributed by atoms with Crippen molar-refractivity contribution in [3.8, 4) is 5.82 Å². The predicted octanol–water partition coefficient (Wildman–Crippen LogP) is 1.70. The Balaban J connectivity index is 1.53. The number of carbonyl (C=O) groups is 1. The molecule has 0 unspecified atom stereocenters. The maximum atomic E-state index is 12.4. The van der Waals surface area contributed by atoms with Crippen LogP contribution < -0.4 is 11.1 Å². The van der Waals surface area contributed by atoms with Crippen molar-refractivity contribution < 1.29 is 4.79 Å². The highest BCUT2D eigenvalue weighted by molar-refractivity contribution is 6.31. The Kier molecular flexibility index (Phi) is 3.98. The Morgan fingerprint density at radius 2 is 2.00 bits per heavy atom. The Bertz CT molecular complexity index is 1060. The Morgan fingerprint density at radius 3 is 2.77 bits per heavy atom. The van der Waals surface area contributed by atoms with Crippen molar-refractivity contribution in [1.29, 1.82) is 0 Å². The van der Waals surface area contributed by atoms with E-state index in [1.165, 1.54) is 17.2 Å². The summed E-state index contributed by atoms with van der Waals surface area (Å²) in [6.07, 6.45) is 2.93. The number of para-hydroxylation sites is 1. The van der Waals surface area contributed by atoms with Gasteiger partial charge in [-0.05, 0) is 17.5 Å². The summed E-state index contributed by atoms with van der Waals surface area (Å²) in [6, 6.07) is 9.81. The summed E-state index contributed by atoms with van der Waals surface area (Å²) in [7, 11) is 0.